The molecule has 0 atom stereocenters. The van der Waals surface area contributed by atoms with Gasteiger partial charge in [-0.2, -0.15) is 0 Å². The number of amides is 1. The maximum absolute atomic E-state index is 13.0. The number of ether oxygens (including phenoxy) is 1. The van der Waals surface area contributed by atoms with Gasteiger partial charge in [0.15, 0.2) is 0 Å². The molecule has 7 heteroatoms. The summed E-state index contributed by atoms with van der Waals surface area (Å²) < 4.78 is 23.9. The fourth-order valence-corrected chi connectivity index (χ4v) is 2.79. The lowest BCUT2D eigenvalue weighted by molar-refractivity contribution is 0.0948. The van der Waals surface area contributed by atoms with Crippen LogP contribution in [0.3, 0.4) is 0 Å². The first-order chi connectivity index (χ1) is 14.6. The number of benzene rings is 2. The Labute approximate surface area is 172 Å². The van der Waals surface area contributed by atoms with Gasteiger partial charge in [-0.15, -0.1) is 0 Å². The van der Waals surface area contributed by atoms with Gasteiger partial charge in [-0.3, -0.25) is 4.79 Å². The molecule has 0 saturated heterocycles. The number of nitrogens with one attached hydrogen (secondary N) is 1. The van der Waals surface area contributed by atoms with Crippen molar-refractivity contribution in [3.8, 4) is 22.9 Å². The predicted octanol–water partition coefficient (Wildman–Crippen LogP) is 4.91. The monoisotopic (exact) mass is 403 g/mol. The van der Waals surface area contributed by atoms with Crippen molar-refractivity contribution in [3.05, 3.63) is 96.0 Å². The van der Waals surface area contributed by atoms with Crippen LogP contribution in [0.5, 0.6) is 11.8 Å². The van der Waals surface area contributed by atoms with E-state index in [0.29, 0.717) is 23.6 Å². The first-order valence-electron chi connectivity index (χ1n) is 9.26. The summed E-state index contributed by atoms with van der Waals surface area (Å²) in [6.07, 6.45) is 3.25. The van der Waals surface area contributed by atoms with Crippen molar-refractivity contribution in [2.75, 3.05) is 0 Å². The molecule has 6 nitrogen and oxygen atoms in total. The van der Waals surface area contributed by atoms with Crippen LogP contribution in [0.25, 0.3) is 11.1 Å². The fourth-order valence-electron chi connectivity index (χ4n) is 2.79. The second-order valence-electron chi connectivity index (χ2n) is 6.58. The van der Waals surface area contributed by atoms with Gasteiger partial charge in [-0.05, 0) is 61.0 Å². The zero-order valence-electron chi connectivity index (χ0n) is 16.1. The highest BCUT2D eigenvalue weighted by Gasteiger charge is 2.08. The summed E-state index contributed by atoms with van der Waals surface area (Å²) in [7, 11) is 0. The van der Waals surface area contributed by atoms with E-state index in [4.69, 9.17) is 9.15 Å². The minimum atomic E-state index is -0.341. The number of hydrogen-bond acceptors (Lipinski definition) is 5. The molecule has 0 unspecified atom stereocenters. The number of carbonyl (C=O) groups excluding carboxylic acids is 1. The zero-order chi connectivity index (χ0) is 20.9. The summed E-state index contributed by atoms with van der Waals surface area (Å²) in [4.78, 5) is 20.7. The van der Waals surface area contributed by atoms with Crippen molar-refractivity contribution in [1.29, 1.82) is 0 Å². The summed E-state index contributed by atoms with van der Waals surface area (Å²) in [6, 6.07) is 16.6. The Hall–Kier alpha value is -4.00. The van der Waals surface area contributed by atoms with Crippen molar-refractivity contribution in [3.63, 3.8) is 0 Å². The summed E-state index contributed by atoms with van der Waals surface area (Å²) in [6.45, 7) is 2.19. The molecule has 2 heterocycles. The Bertz CT molecular complexity index is 1140. The summed E-state index contributed by atoms with van der Waals surface area (Å²) in [5.41, 5.74) is 2.18. The molecular formula is C23H18FN3O3. The third-order valence-corrected chi connectivity index (χ3v) is 4.35. The molecule has 30 heavy (non-hydrogen) atoms. The molecule has 150 valence electrons. The van der Waals surface area contributed by atoms with Crippen LogP contribution in [0.1, 0.15) is 21.9 Å². The number of carbonyl (C=O) groups is 1. The van der Waals surface area contributed by atoms with Crippen LogP contribution in [0.2, 0.25) is 0 Å². The molecule has 0 aliphatic carbocycles. The van der Waals surface area contributed by atoms with Crippen LogP contribution in [0.15, 0.2) is 77.5 Å². The smallest absolute Gasteiger partial charge is 0.321 e. The van der Waals surface area contributed by atoms with E-state index in [1.807, 2.05) is 31.2 Å². The SMILES string of the molecule is Cc1ccc(CNC(=O)c2ccc(-c3cnc(Oc4ccc(F)cc4)nc3)cc2)o1. The van der Waals surface area contributed by atoms with E-state index in [-0.39, 0.29) is 17.7 Å². The first kappa shape index (κ1) is 19.3. The molecule has 1 N–H and O–H groups in total. The lowest BCUT2D eigenvalue weighted by atomic mass is 10.1. The summed E-state index contributed by atoms with van der Waals surface area (Å²) >= 11 is 0. The minimum absolute atomic E-state index is 0.162. The maximum Gasteiger partial charge on any atom is 0.321 e. The number of nitrogens with zero attached hydrogens (tertiary/aromatic N) is 2. The minimum Gasteiger partial charge on any atom is -0.465 e. The molecule has 2 aromatic heterocycles. The van der Waals surface area contributed by atoms with Gasteiger partial charge < -0.3 is 14.5 Å². The number of aryl methyl sites for hydroxylation is 1. The second-order valence-corrected chi connectivity index (χ2v) is 6.58. The molecule has 4 aromatic rings. The van der Waals surface area contributed by atoms with Crippen LogP contribution in [-0.2, 0) is 6.54 Å². The molecule has 0 aliphatic rings. The number of aromatic nitrogens is 2. The van der Waals surface area contributed by atoms with E-state index < -0.39 is 0 Å². The molecule has 2 aromatic carbocycles. The molecular weight excluding hydrogens is 385 g/mol. The van der Waals surface area contributed by atoms with Gasteiger partial charge in [-0.25, -0.2) is 14.4 Å². The highest BCUT2D eigenvalue weighted by molar-refractivity contribution is 5.94. The number of furan rings is 1. The van der Waals surface area contributed by atoms with E-state index in [2.05, 4.69) is 15.3 Å². The van der Waals surface area contributed by atoms with Crippen LogP contribution >= 0.6 is 0 Å². The van der Waals surface area contributed by atoms with Crippen molar-refractivity contribution in [2.24, 2.45) is 0 Å². The van der Waals surface area contributed by atoms with Crippen molar-refractivity contribution >= 4 is 5.91 Å². The van der Waals surface area contributed by atoms with Crippen LogP contribution < -0.4 is 10.1 Å². The molecule has 0 bridgehead atoms. The zero-order valence-corrected chi connectivity index (χ0v) is 16.1. The molecule has 4 rings (SSSR count). The van der Waals surface area contributed by atoms with E-state index in [1.54, 1.807) is 24.5 Å². The van der Waals surface area contributed by atoms with Gasteiger partial charge in [0.2, 0.25) is 0 Å². The highest BCUT2D eigenvalue weighted by atomic mass is 19.1. The van der Waals surface area contributed by atoms with Crippen LogP contribution in [0, 0.1) is 12.7 Å². The number of halogens is 1. The standard InChI is InChI=1S/C23H18FN3O3/c1-15-2-9-21(29-15)14-25-22(28)17-5-3-16(4-6-17)18-12-26-23(27-13-18)30-20-10-7-19(24)8-11-20/h2-13H,14H2,1H3,(H,25,28). The molecule has 0 spiro atoms. The largest absolute Gasteiger partial charge is 0.465 e. The predicted molar refractivity (Wildman–Crippen MR) is 109 cm³/mol. The van der Waals surface area contributed by atoms with Gasteiger partial charge in [-0.1, -0.05) is 12.1 Å². The third kappa shape index (κ3) is 4.70. The Kier molecular flexibility index (Phi) is 5.52. The topological polar surface area (TPSA) is 77.2 Å². The van der Waals surface area contributed by atoms with Gasteiger partial charge in [0, 0.05) is 23.5 Å². The average molecular weight is 403 g/mol. The van der Waals surface area contributed by atoms with E-state index in [0.717, 1.165) is 16.9 Å². The van der Waals surface area contributed by atoms with Gasteiger partial charge in [0.25, 0.3) is 5.91 Å². The highest BCUT2D eigenvalue weighted by Crippen LogP contribution is 2.22. The molecule has 0 saturated carbocycles. The Morgan fingerprint density at radius 2 is 1.67 bits per heavy atom. The summed E-state index contributed by atoms with van der Waals surface area (Å²) in [5, 5.41) is 2.82. The van der Waals surface area contributed by atoms with E-state index in [1.165, 1.54) is 24.3 Å². The quantitative estimate of drug-likeness (QED) is 0.495. The van der Waals surface area contributed by atoms with Gasteiger partial charge >= 0.3 is 6.01 Å². The van der Waals surface area contributed by atoms with Crippen molar-refractivity contribution < 1.29 is 18.3 Å². The molecule has 0 aliphatic heterocycles. The van der Waals surface area contributed by atoms with E-state index in [9.17, 15) is 9.18 Å². The van der Waals surface area contributed by atoms with Crippen molar-refractivity contribution in [1.82, 2.24) is 15.3 Å². The lowest BCUT2D eigenvalue weighted by Crippen LogP contribution is -2.22. The van der Waals surface area contributed by atoms with Crippen LogP contribution in [-0.4, -0.2) is 15.9 Å². The first-order valence-corrected chi connectivity index (χ1v) is 9.26. The molecule has 0 radical (unpaired) electrons. The Balaban J connectivity index is 1.38. The Morgan fingerprint density at radius 1 is 0.967 bits per heavy atom. The Morgan fingerprint density at radius 3 is 2.30 bits per heavy atom. The van der Waals surface area contributed by atoms with Gasteiger partial charge in [0.1, 0.15) is 23.1 Å². The average Bonchev–Trinajstić information content (AvgIpc) is 3.19. The number of hydrogen-bond donors (Lipinski definition) is 1. The number of rotatable bonds is 6. The lowest BCUT2D eigenvalue weighted by Gasteiger charge is -2.06. The van der Waals surface area contributed by atoms with Gasteiger partial charge in [0.05, 0.1) is 6.54 Å². The second kappa shape index (κ2) is 8.57. The third-order valence-electron chi connectivity index (χ3n) is 4.35. The molecule has 1 amide bonds. The summed E-state index contributed by atoms with van der Waals surface area (Å²) in [5.74, 6) is 1.43. The maximum atomic E-state index is 13.0. The molecule has 0 fully saturated rings. The fraction of sp³-hybridized carbons (Fsp3) is 0.0870. The normalized spacial score (nSPS) is 10.6. The van der Waals surface area contributed by atoms with Crippen molar-refractivity contribution in [2.45, 2.75) is 13.5 Å². The van der Waals surface area contributed by atoms with E-state index >= 15 is 0 Å². The van der Waals surface area contributed by atoms with Crippen LogP contribution in [0.4, 0.5) is 4.39 Å².